The Morgan fingerprint density at radius 3 is 2.84 bits per heavy atom. The van der Waals surface area contributed by atoms with Gasteiger partial charge in [0.25, 0.3) is 0 Å². The fourth-order valence-electron chi connectivity index (χ4n) is 4.87. The molecule has 158 valence electrons. The smallest absolute Gasteiger partial charge is 0.183 e. The monoisotopic (exact) mass is 414 g/mol. The Hall–Kier alpha value is -3.03. The third kappa shape index (κ3) is 3.34. The molecule has 5 heterocycles. The third-order valence-corrected chi connectivity index (χ3v) is 6.59. The number of hydrogen-bond acceptors (Lipinski definition) is 6. The molecule has 3 aliphatic rings. The summed E-state index contributed by atoms with van der Waals surface area (Å²) in [6.07, 6.45) is 5.46. The zero-order valence-electron chi connectivity index (χ0n) is 17.8. The molecule has 7 nitrogen and oxygen atoms in total. The molecule has 0 amide bonds. The predicted molar refractivity (Wildman–Crippen MR) is 119 cm³/mol. The first-order chi connectivity index (χ1) is 15.2. The molecule has 0 aliphatic carbocycles. The number of aliphatic imine (C=N–C) groups is 1. The summed E-state index contributed by atoms with van der Waals surface area (Å²) < 4.78 is 7.97. The summed E-state index contributed by atoms with van der Waals surface area (Å²) >= 11 is 0. The quantitative estimate of drug-likeness (QED) is 0.663. The van der Waals surface area contributed by atoms with Crippen molar-refractivity contribution in [2.45, 2.75) is 32.7 Å². The Labute approximate surface area is 181 Å². The van der Waals surface area contributed by atoms with E-state index in [1.807, 2.05) is 24.7 Å². The number of aromatic nitrogens is 3. The van der Waals surface area contributed by atoms with E-state index in [4.69, 9.17) is 14.7 Å². The topological polar surface area (TPSA) is 70.9 Å². The predicted octanol–water partition coefficient (Wildman–Crippen LogP) is 3.37. The average Bonchev–Trinajstić information content (AvgIpc) is 3.31. The van der Waals surface area contributed by atoms with E-state index in [2.05, 4.69) is 64.2 Å². The van der Waals surface area contributed by atoms with Crippen LogP contribution >= 0.6 is 0 Å². The minimum absolute atomic E-state index is 0.0227. The van der Waals surface area contributed by atoms with Crippen LogP contribution in [0.1, 0.15) is 29.8 Å². The van der Waals surface area contributed by atoms with Crippen LogP contribution in [0.25, 0.3) is 11.4 Å². The summed E-state index contributed by atoms with van der Waals surface area (Å²) in [7, 11) is 0. The van der Waals surface area contributed by atoms with E-state index in [1.54, 1.807) is 0 Å². The molecule has 3 aromatic rings. The average molecular weight is 415 g/mol. The van der Waals surface area contributed by atoms with Gasteiger partial charge in [-0.1, -0.05) is 37.3 Å². The largest absolute Gasteiger partial charge is 0.339 e. The molecule has 1 aromatic carbocycles. The highest BCUT2D eigenvalue weighted by Crippen LogP contribution is 2.43. The van der Waals surface area contributed by atoms with Crippen molar-refractivity contribution in [3.05, 3.63) is 71.8 Å². The van der Waals surface area contributed by atoms with Crippen molar-refractivity contribution in [1.29, 1.82) is 0 Å². The van der Waals surface area contributed by atoms with Crippen LogP contribution in [0.3, 0.4) is 0 Å². The van der Waals surface area contributed by atoms with Gasteiger partial charge < -0.3 is 4.74 Å². The van der Waals surface area contributed by atoms with E-state index in [1.165, 1.54) is 5.56 Å². The maximum Gasteiger partial charge on any atom is 0.183 e. The van der Waals surface area contributed by atoms with Crippen molar-refractivity contribution in [2.24, 2.45) is 16.8 Å². The van der Waals surface area contributed by atoms with Crippen molar-refractivity contribution in [1.82, 2.24) is 19.5 Å². The number of ether oxygens (including phenoxy) is 1. The van der Waals surface area contributed by atoms with Gasteiger partial charge in [0.15, 0.2) is 18.2 Å². The summed E-state index contributed by atoms with van der Waals surface area (Å²) in [6, 6.07) is 12.7. The molecule has 4 unspecified atom stereocenters. The maximum absolute atomic E-state index is 5.90. The number of fused-ring (bicyclic) bond motifs is 3. The molecule has 31 heavy (non-hydrogen) atoms. The van der Waals surface area contributed by atoms with Crippen LogP contribution in [0.15, 0.2) is 60.0 Å². The van der Waals surface area contributed by atoms with Gasteiger partial charge in [-0.15, -0.1) is 0 Å². The fourth-order valence-corrected chi connectivity index (χ4v) is 4.87. The van der Waals surface area contributed by atoms with Gasteiger partial charge in [0, 0.05) is 43.5 Å². The normalized spacial score (nSPS) is 27.1. The number of pyridine rings is 1. The number of epoxide rings is 1. The zero-order valence-corrected chi connectivity index (χ0v) is 17.8. The van der Waals surface area contributed by atoms with Gasteiger partial charge in [-0.25, -0.2) is 14.7 Å². The Bertz CT molecular complexity index is 1140. The number of amidine groups is 1. The van der Waals surface area contributed by atoms with Gasteiger partial charge in [-0.2, -0.15) is 0 Å². The minimum atomic E-state index is -0.109. The Morgan fingerprint density at radius 2 is 2.00 bits per heavy atom. The first kappa shape index (κ1) is 18.7. The summed E-state index contributed by atoms with van der Waals surface area (Å²) in [4.78, 5) is 16.4. The fraction of sp³-hybridized carbons (Fsp3) is 0.375. The van der Waals surface area contributed by atoms with Gasteiger partial charge >= 0.3 is 0 Å². The van der Waals surface area contributed by atoms with Crippen LogP contribution in [-0.4, -0.2) is 44.7 Å². The second kappa shape index (κ2) is 7.28. The van der Waals surface area contributed by atoms with Crippen molar-refractivity contribution in [2.75, 3.05) is 18.5 Å². The van der Waals surface area contributed by atoms with Crippen molar-refractivity contribution in [3.63, 3.8) is 0 Å². The van der Waals surface area contributed by atoms with E-state index in [0.717, 1.165) is 48.1 Å². The molecule has 0 radical (unpaired) electrons. The van der Waals surface area contributed by atoms with Crippen LogP contribution in [0, 0.1) is 18.8 Å². The highest BCUT2D eigenvalue weighted by atomic mass is 16.6. The number of benzene rings is 1. The van der Waals surface area contributed by atoms with Gasteiger partial charge in [0.1, 0.15) is 5.84 Å². The van der Waals surface area contributed by atoms with Crippen molar-refractivity contribution >= 4 is 5.84 Å². The molecule has 4 atom stereocenters. The van der Waals surface area contributed by atoms with Gasteiger partial charge in [0.2, 0.25) is 0 Å². The molecule has 0 spiro atoms. The second-order valence-corrected chi connectivity index (χ2v) is 8.87. The molecule has 1 N–H and O–H groups in total. The van der Waals surface area contributed by atoms with Crippen LogP contribution in [0.2, 0.25) is 0 Å². The summed E-state index contributed by atoms with van der Waals surface area (Å²) in [5.74, 6) is 2.71. The standard InChI is InChI=1S/C24H26N6O/c1-15-10-25-9-8-18(15)23-26-11-20-21-24(31-21)27-22(28-30(20)23)19-14-29(12-16(19)2)13-17-6-4-3-5-7-17/h3-11,16,19,21,24H,12-14H2,1-2H3,(H,27,28). The number of imidazole rings is 1. The third-order valence-electron chi connectivity index (χ3n) is 6.59. The maximum atomic E-state index is 5.90. The van der Waals surface area contributed by atoms with Crippen LogP contribution in [0.5, 0.6) is 0 Å². The Kier molecular flexibility index (Phi) is 4.40. The lowest BCUT2D eigenvalue weighted by Gasteiger charge is -2.21. The zero-order chi connectivity index (χ0) is 20.9. The highest BCUT2D eigenvalue weighted by Gasteiger charge is 2.47. The van der Waals surface area contributed by atoms with Crippen LogP contribution in [0.4, 0.5) is 0 Å². The summed E-state index contributed by atoms with van der Waals surface area (Å²) in [5, 5.41) is 0. The number of aryl methyl sites for hydroxylation is 1. The molecule has 2 fully saturated rings. The molecule has 0 bridgehead atoms. The van der Waals surface area contributed by atoms with E-state index in [9.17, 15) is 0 Å². The number of nitrogens with zero attached hydrogens (tertiary/aromatic N) is 5. The van der Waals surface area contributed by atoms with E-state index < -0.39 is 0 Å². The van der Waals surface area contributed by atoms with Crippen LogP contribution in [-0.2, 0) is 11.3 Å². The molecule has 3 aliphatic heterocycles. The number of hydrogen-bond donors (Lipinski definition) is 1. The number of nitrogens with one attached hydrogen (secondary N) is 1. The first-order valence-electron chi connectivity index (χ1n) is 10.9. The van der Waals surface area contributed by atoms with Crippen LogP contribution < -0.4 is 5.43 Å². The Morgan fingerprint density at radius 1 is 1.13 bits per heavy atom. The SMILES string of the molecule is Cc1cnccc1-c1ncc2n1NC(C1CN(Cc3ccccc3)CC1C)=NC1OC21. The molecule has 7 heteroatoms. The molecule has 6 rings (SSSR count). The number of likely N-dealkylation sites (tertiary alicyclic amines) is 1. The molecule has 0 saturated carbocycles. The lowest BCUT2D eigenvalue weighted by Crippen LogP contribution is -2.34. The van der Waals surface area contributed by atoms with Crippen molar-refractivity contribution in [3.8, 4) is 11.4 Å². The summed E-state index contributed by atoms with van der Waals surface area (Å²) in [5.41, 5.74) is 8.17. The molecule has 2 aromatic heterocycles. The minimum Gasteiger partial charge on any atom is -0.339 e. The lowest BCUT2D eigenvalue weighted by atomic mass is 9.97. The first-order valence-corrected chi connectivity index (χ1v) is 10.9. The van der Waals surface area contributed by atoms with E-state index >= 15 is 0 Å². The molecular weight excluding hydrogens is 388 g/mol. The second-order valence-electron chi connectivity index (χ2n) is 8.87. The van der Waals surface area contributed by atoms with Gasteiger partial charge in [-0.05, 0) is 30.0 Å². The van der Waals surface area contributed by atoms with E-state index in [0.29, 0.717) is 11.8 Å². The van der Waals surface area contributed by atoms with Gasteiger partial charge in [-0.3, -0.25) is 15.3 Å². The Balaban J connectivity index is 1.29. The molecule has 2 saturated heterocycles. The van der Waals surface area contributed by atoms with E-state index in [-0.39, 0.29) is 12.3 Å². The van der Waals surface area contributed by atoms with Gasteiger partial charge in [0.05, 0.1) is 11.9 Å². The summed E-state index contributed by atoms with van der Waals surface area (Å²) in [6.45, 7) is 7.38. The van der Waals surface area contributed by atoms with Crippen molar-refractivity contribution < 1.29 is 4.74 Å². The lowest BCUT2D eigenvalue weighted by molar-refractivity contribution is 0.318. The number of rotatable bonds is 4. The molecular formula is C24H26N6O. The highest BCUT2D eigenvalue weighted by molar-refractivity contribution is 5.93.